The molecule has 1 fully saturated rings. The van der Waals surface area contributed by atoms with Gasteiger partial charge in [-0.3, -0.25) is 14.5 Å². The number of benzene rings is 3. The van der Waals surface area contributed by atoms with Crippen molar-refractivity contribution in [1.82, 2.24) is 9.80 Å². The summed E-state index contributed by atoms with van der Waals surface area (Å²) in [5, 5.41) is -0.397. The maximum absolute atomic E-state index is 13.4. The van der Waals surface area contributed by atoms with Crippen molar-refractivity contribution in [2.24, 2.45) is 0 Å². The van der Waals surface area contributed by atoms with E-state index >= 15 is 0 Å². The monoisotopic (exact) mass is 458 g/mol. The zero-order chi connectivity index (χ0) is 23.0. The number of thioether (sulfide) groups is 1. The predicted molar refractivity (Wildman–Crippen MR) is 135 cm³/mol. The minimum atomic E-state index is -0.379. The lowest BCUT2D eigenvalue weighted by Crippen LogP contribution is -2.52. The number of hydrogen-bond acceptors (Lipinski definition) is 4. The standard InChI is InChI=1S/C28H30N2O2S/c1-22(31)33-26(21-23-11-5-2-6-12-23)28(32)30-19-17-29(18-20-30)27(24-13-7-3-8-14-24)25-15-9-4-10-16-25/h2-16,26-27H,17-21H2,1H3. The Morgan fingerprint density at radius 1 is 0.758 bits per heavy atom. The molecule has 4 nitrogen and oxygen atoms in total. The lowest BCUT2D eigenvalue weighted by Gasteiger charge is -2.40. The Labute approximate surface area is 200 Å². The molecule has 0 aliphatic carbocycles. The molecule has 4 rings (SSSR count). The summed E-state index contributed by atoms with van der Waals surface area (Å²) in [6.45, 7) is 4.46. The second kappa shape index (κ2) is 11.3. The minimum absolute atomic E-state index is 0.0175. The van der Waals surface area contributed by atoms with Crippen molar-refractivity contribution in [1.29, 1.82) is 0 Å². The molecule has 1 amide bonds. The van der Waals surface area contributed by atoms with Gasteiger partial charge in [0, 0.05) is 33.1 Å². The molecular formula is C28H30N2O2S. The van der Waals surface area contributed by atoms with Gasteiger partial charge in [-0.25, -0.2) is 0 Å². The Balaban J connectivity index is 1.47. The Bertz CT molecular complexity index is 996. The van der Waals surface area contributed by atoms with Gasteiger partial charge in [0.15, 0.2) is 5.12 Å². The van der Waals surface area contributed by atoms with Crippen LogP contribution in [0.4, 0.5) is 0 Å². The minimum Gasteiger partial charge on any atom is -0.339 e. The number of hydrogen-bond donors (Lipinski definition) is 0. The molecule has 0 spiro atoms. The second-order valence-corrected chi connectivity index (χ2v) is 9.75. The van der Waals surface area contributed by atoms with Crippen LogP contribution >= 0.6 is 11.8 Å². The predicted octanol–water partition coefficient (Wildman–Crippen LogP) is 4.81. The van der Waals surface area contributed by atoms with Crippen molar-refractivity contribution in [2.45, 2.75) is 24.6 Å². The summed E-state index contributed by atoms with van der Waals surface area (Å²) < 4.78 is 0. The van der Waals surface area contributed by atoms with Crippen LogP contribution in [0.2, 0.25) is 0 Å². The smallest absolute Gasteiger partial charge is 0.236 e. The van der Waals surface area contributed by atoms with Crippen molar-refractivity contribution in [3.8, 4) is 0 Å². The van der Waals surface area contributed by atoms with E-state index in [1.165, 1.54) is 18.1 Å². The zero-order valence-corrected chi connectivity index (χ0v) is 19.8. The van der Waals surface area contributed by atoms with Gasteiger partial charge in [0.1, 0.15) is 0 Å². The Kier molecular flexibility index (Phi) is 7.97. The summed E-state index contributed by atoms with van der Waals surface area (Å²) in [6, 6.07) is 31.2. The molecule has 1 aliphatic heterocycles. The third kappa shape index (κ3) is 6.12. The lowest BCUT2D eigenvalue weighted by molar-refractivity contribution is -0.132. The van der Waals surface area contributed by atoms with Gasteiger partial charge in [-0.15, -0.1) is 0 Å². The van der Waals surface area contributed by atoms with E-state index in [-0.39, 0.29) is 22.3 Å². The number of rotatable bonds is 7. The molecule has 0 bridgehead atoms. The van der Waals surface area contributed by atoms with Crippen molar-refractivity contribution in [3.63, 3.8) is 0 Å². The van der Waals surface area contributed by atoms with Crippen molar-refractivity contribution in [2.75, 3.05) is 26.2 Å². The van der Waals surface area contributed by atoms with E-state index < -0.39 is 0 Å². The highest BCUT2D eigenvalue weighted by molar-refractivity contribution is 8.14. The molecule has 5 heteroatoms. The van der Waals surface area contributed by atoms with Crippen molar-refractivity contribution in [3.05, 3.63) is 108 Å². The summed E-state index contributed by atoms with van der Waals surface area (Å²) in [6.07, 6.45) is 0.570. The number of piperazine rings is 1. The van der Waals surface area contributed by atoms with Crippen LogP contribution in [0.5, 0.6) is 0 Å². The Morgan fingerprint density at radius 3 is 1.73 bits per heavy atom. The number of nitrogens with zero attached hydrogens (tertiary/aromatic N) is 2. The highest BCUT2D eigenvalue weighted by Crippen LogP contribution is 2.30. The van der Waals surface area contributed by atoms with Crippen LogP contribution in [0.1, 0.15) is 29.7 Å². The van der Waals surface area contributed by atoms with Gasteiger partial charge >= 0.3 is 0 Å². The van der Waals surface area contributed by atoms with Crippen LogP contribution in [0.25, 0.3) is 0 Å². The topological polar surface area (TPSA) is 40.6 Å². The third-order valence-electron chi connectivity index (χ3n) is 6.07. The fourth-order valence-electron chi connectivity index (χ4n) is 4.50. The number of carbonyl (C=O) groups excluding carboxylic acids is 2. The second-order valence-electron chi connectivity index (χ2n) is 8.37. The van der Waals surface area contributed by atoms with E-state index in [4.69, 9.17) is 0 Å². The van der Waals surface area contributed by atoms with E-state index in [1.807, 2.05) is 47.4 Å². The van der Waals surface area contributed by atoms with Crippen LogP contribution < -0.4 is 0 Å². The molecule has 0 N–H and O–H groups in total. The van der Waals surface area contributed by atoms with E-state index in [0.717, 1.165) is 30.4 Å². The third-order valence-corrected chi connectivity index (χ3v) is 7.05. The molecule has 0 aromatic heterocycles. The van der Waals surface area contributed by atoms with Gasteiger partial charge in [-0.2, -0.15) is 0 Å². The summed E-state index contributed by atoms with van der Waals surface area (Å²) in [5.41, 5.74) is 3.60. The van der Waals surface area contributed by atoms with Crippen molar-refractivity contribution >= 4 is 22.8 Å². The Morgan fingerprint density at radius 2 is 1.24 bits per heavy atom. The fraction of sp³-hybridized carbons (Fsp3) is 0.286. The average molecular weight is 459 g/mol. The van der Waals surface area contributed by atoms with E-state index in [1.54, 1.807) is 0 Å². The van der Waals surface area contributed by atoms with Crippen LogP contribution in [-0.4, -0.2) is 52.3 Å². The van der Waals surface area contributed by atoms with E-state index in [2.05, 4.69) is 53.4 Å². The fourth-order valence-corrected chi connectivity index (χ4v) is 5.42. The van der Waals surface area contributed by atoms with E-state index in [0.29, 0.717) is 19.5 Å². The lowest BCUT2D eigenvalue weighted by atomic mass is 9.96. The van der Waals surface area contributed by atoms with Crippen molar-refractivity contribution < 1.29 is 9.59 Å². The highest BCUT2D eigenvalue weighted by atomic mass is 32.2. The van der Waals surface area contributed by atoms with Gasteiger partial charge < -0.3 is 4.90 Å². The Hall–Kier alpha value is -2.89. The van der Waals surface area contributed by atoms with Gasteiger partial charge in [0.25, 0.3) is 0 Å². The average Bonchev–Trinajstić information content (AvgIpc) is 2.85. The van der Waals surface area contributed by atoms with Crippen LogP contribution in [0.15, 0.2) is 91.0 Å². The summed E-state index contributed by atoms with van der Waals surface area (Å²) in [7, 11) is 0. The quantitative estimate of drug-likeness (QED) is 0.509. The first-order valence-electron chi connectivity index (χ1n) is 11.5. The molecule has 0 saturated carbocycles. The van der Waals surface area contributed by atoms with E-state index in [9.17, 15) is 9.59 Å². The number of carbonyl (C=O) groups is 2. The first-order chi connectivity index (χ1) is 16.1. The summed E-state index contributed by atoms with van der Waals surface area (Å²) in [4.78, 5) is 29.7. The van der Waals surface area contributed by atoms with Gasteiger partial charge in [-0.05, 0) is 23.1 Å². The first-order valence-corrected chi connectivity index (χ1v) is 12.3. The molecule has 1 saturated heterocycles. The SMILES string of the molecule is CC(=O)SC(Cc1ccccc1)C(=O)N1CCN(C(c2ccccc2)c2ccccc2)CC1. The molecular weight excluding hydrogens is 428 g/mol. The molecule has 170 valence electrons. The molecule has 1 atom stereocenters. The van der Waals surface area contributed by atoms with Crippen LogP contribution in [0.3, 0.4) is 0 Å². The molecule has 33 heavy (non-hydrogen) atoms. The van der Waals surface area contributed by atoms with Gasteiger partial charge in [0.2, 0.25) is 5.91 Å². The zero-order valence-electron chi connectivity index (χ0n) is 19.0. The maximum atomic E-state index is 13.4. The van der Waals surface area contributed by atoms with Crippen LogP contribution in [-0.2, 0) is 16.0 Å². The molecule has 3 aromatic carbocycles. The maximum Gasteiger partial charge on any atom is 0.236 e. The van der Waals surface area contributed by atoms with Crippen LogP contribution in [0, 0.1) is 0 Å². The first kappa shape index (κ1) is 23.3. The largest absolute Gasteiger partial charge is 0.339 e. The molecule has 1 aliphatic rings. The number of amides is 1. The molecule has 1 heterocycles. The molecule has 3 aromatic rings. The highest BCUT2D eigenvalue weighted by Gasteiger charge is 2.32. The molecule has 1 unspecified atom stereocenters. The molecule has 0 radical (unpaired) electrons. The normalized spacial score (nSPS) is 15.4. The summed E-state index contributed by atoms with van der Waals surface area (Å²) in [5.74, 6) is 0.0645. The van der Waals surface area contributed by atoms with Gasteiger partial charge in [-0.1, -0.05) is 103 Å². The summed E-state index contributed by atoms with van der Waals surface area (Å²) >= 11 is 1.15. The van der Waals surface area contributed by atoms with Gasteiger partial charge in [0.05, 0.1) is 11.3 Å².